The number of carbonyl (C=O) groups is 2. The summed E-state index contributed by atoms with van der Waals surface area (Å²) in [6, 6.07) is 3.72. The fourth-order valence-electron chi connectivity index (χ4n) is 1.69. The van der Waals surface area contributed by atoms with Crippen molar-refractivity contribution < 1.29 is 18.7 Å². The molecule has 0 aliphatic rings. The van der Waals surface area contributed by atoms with Crippen molar-refractivity contribution in [1.82, 2.24) is 0 Å². The molecule has 1 aromatic carbocycles. The molecule has 5 heteroatoms. The highest BCUT2D eigenvalue weighted by Crippen LogP contribution is 2.18. The van der Waals surface area contributed by atoms with Crippen LogP contribution in [0.3, 0.4) is 0 Å². The van der Waals surface area contributed by atoms with Crippen LogP contribution in [0.4, 0.5) is 10.1 Å². The Morgan fingerprint density at radius 1 is 1.42 bits per heavy atom. The van der Waals surface area contributed by atoms with Crippen molar-refractivity contribution in [2.24, 2.45) is 5.92 Å². The predicted molar refractivity (Wildman–Crippen MR) is 70.4 cm³/mol. The van der Waals surface area contributed by atoms with E-state index in [1.807, 2.05) is 6.92 Å². The number of rotatable bonds is 5. The van der Waals surface area contributed by atoms with Crippen LogP contribution in [0.25, 0.3) is 0 Å². The maximum absolute atomic E-state index is 13.6. The van der Waals surface area contributed by atoms with Gasteiger partial charge in [-0.2, -0.15) is 0 Å². The van der Waals surface area contributed by atoms with E-state index in [0.29, 0.717) is 0 Å². The first-order chi connectivity index (χ1) is 8.99. The van der Waals surface area contributed by atoms with E-state index >= 15 is 0 Å². The van der Waals surface area contributed by atoms with Crippen molar-refractivity contribution in [3.63, 3.8) is 0 Å². The van der Waals surface area contributed by atoms with Crippen LogP contribution in [-0.2, 0) is 9.53 Å². The van der Waals surface area contributed by atoms with Crippen molar-refractivity contribution in [2.75, 3.05) is 12.4 Å². The van der Waals surface area contributed by atoms with Crippen LogP contribution in [0.15, 0.2) is 18.2 Å². The zero-order chi connectivity index (χ0) is 14.4. The lowest BCUT2D eigenvalue weighted by Gasteiger charge is -2.12. The Hall–Kier alpha value is -1.91. The van der Waals surface area contributed by atoms with Crippen LogP contribution >= 0.6 is 0 Å². The first-order valence-corrected chi connectivity index (χ1v) is 6.18. The number of carbonyl (C=O) groups excluding carboxylic acids is 2. The number of amides is 1. The highest BCUT2D eigenvalue weighted by atomic mass is 19.1. The Morgan fingerprint density at radius 3 is 2.68 bits per heavy atom. The van der Waals surface area contributed by atoms with Crippen molar-refractivity contribution in [1.29, 1.82) is 0 Å². The molecule has 0 aliphatic carbocycles. The molecule has 0 bridgehead atoms. The lowest BCUT2D eigenvalue weighted by Crippen LogP contribution is -2.21. The molecule has 0 radical (unpaired) electrons. The van der Waals surface area contributed by atoms with Gasteiger partial charge in [0.25, 0.3) is 0 Å². The molecule has 1 aromatic rings. The number of nitrogens with one attached hydrogen (secondary N) is 1. The van der Waals surface area contributed by atoms with Gasteiger partial charge >= 0.3 is 5.97 Å². The van der Waals surface area contributed by atoms with Crippen molar-refractivity contribution in [2.45, 2.75) is 26.7 Å². The van der Waals surface area contributed by atoms with Crippen LogP contribution in [0.5, 0.6) is 0 Å². The smallest absolute Gasteiger partial charge is 0.337 e. The molecule has 104 valence electrons. The van der Waals surface area contributed by atoms with Crippen molar-refractivity contribution >= 4 is 17.6 Å². The molecule has 0 fully saturated rings. The molecular weight excluding hydrogens is 249 g/mol. The second-order valence-electron chi connectivity index (χ2n) is 4.37. The molecule has 1 amide bonds. The second kappa shape index (κ2) is 6.87. The fourth-order valence-corrected chi connectivity index (χ4v) is 1.69. The van der Waals surface area contributed by atoms with Gasteiger partial charge in [-0.1, -0.05) is 20.3 Å². The van der Waals surface area contributed by atoms with Gasteiger partial charge in [0.1, 0.15) is 5.82 Å². The SMILES string of the molecule is CCCC(C)C(=O)Nc1cc(C(=O)OC)ccc1F. The largest absolute Gasteiger partial charge is 0.465 e. The normalized spacial score (nSPS) is 11.8. The molecule has 0 spiro atoms. The summed E-state index contributed by atoms with van der Waals surface area (Å²) in [4.78, 5) is 23.2. The molecular formula is C14H18FNO3. The lowest BCUT2D eigenvalue weighted by atomic mass is 10.1. The molecule has 4 nitrogen and oxygen atoms in total. The first-order valence-electron chi connectivity index (χ1n) is 6.18. The summed E-state index contributed by atoms with van der Waals surface area (Å²) in [7, 11) is 1.24. The summed E-state index contributed by atoms with van der Waals surface area (Å²) < 4.78 is 18.1. The van der Waals surface area contributed by atoms with Crippen LogP contribution in [0.2, 0.25) is 0 Å². The van der Waals surface area contributed by atoms with Gasteiger partial charge in [-0.25, -0.2) is 9.18 Å². The number of methoxy groups -OCH3 is 1. The molecule has 1 unspecified atom stereocenters. The predicted octanol–water partition coefficient (Wildman–Crippen LogP) is 2.99. The van der Waals surface area contributed by atoms with Gasteiger partial charge < -0.3 is 10.1 Å². The highest BCUT2D eigenvalue weighted by molar-refractivity contribution is 5.95. The van der Waals surface area contributed by atoms with Crippen LogP contribution in [0, 0.1) is 11.7 Å². The molecule has 0 aromatic heterocycles. The van der Waals surface area contributed by atoms with Crippen LogP contribution in [-0.4, -0.2) is 19.0 Å². The molecule has 19 heavy (non-hydrogen) atoms. The summed E-state index contributed by atoms with van der Waals surface area (Å²) in [5.74, 6) is -1.62. The highest BCUT2D eigenvalue weighted by Gasteiger charge is 2.15. The quantitative estimate of drug-likeness (QED) is 0.834. The summed E-state index contributed by atoms with van der Waals surface area (Å²) in [5, 5.41) is 2.49. The Balaban J connectivity index is 2.88. The molecule has 0 saturated carbocycles. The Kier molecular flexibility index (Phi) is 5.48. The molecule has 0 saturated heterocycles. The third kappa shape index (κ3) is 4.05. The Labute approximate surface area is 112 Å². The van der Waals surface area contributed by atoms with E-state index in [-0.39, 0.29) is 23.1 Å². The zero-order valence-corrected chi connectivity index (χ0v) is 11.3. The van der Waals surface area contributed by atoms with E-state index in [0.717, 1.165) is 18.9 Å². The number of ether oxygens (including phenoxy) is 1. The monoisotopic (exact) mass is 267 g/mol. The minimum atomic E-state index is -0.579. The maximum Gasteiger partial charge on any atom is 0.337 e. The number of benzene rings is 1. The summed E-state index contributed by atoms with van der Waals surface area (Å²) in [6.45, 7) is 3.75. The van der Waals surface area contributed by atoms with E-state index in [9.17, 15) is 14.0 Å². The van der Waals surface area contributed by atoms with E-state index < -0.39 is 11.8 Å². The molecule has 1 atom stereocenters. The van der Waals surface area contributed by atoms with E-state index in [4.69, 9.17) is 0 Å². The minimum Gasteiger partial charge on any atom is -0.465 e. The van der Waals surface area contributed by atoms with Gasteiger partial charge in [0.2, 0.25) is 5.91 Å². The number of hydrogen-bond acceptors (Lipinski definition) is 3. The topological polar surface area (TPSA) is 55.4 Å². The number of halogens is 1. The van der Waals surface area contributed by atoms with Gasteiger partial charge in [-0.3, -0.25) is 4.79 Å². The van der Waals surface area contributed by atoms with Gasteiger partial charge in [0, 0.05) is 5.92 Å². The zero-order valence-electron chi connectivity index (χ0n) is 11.3. The standard InChI is InChI=1S/C14H18FNO3/c1-4-5-9(2)13(17)16-12-8-10(14(18)19-3)6-7-11(12)15/h6-9H,4-5H2,1-3H3,(H,16,17). The first kappa shape index (κ1) is 15.1. The number of hydrogen-bond donors (Lipinski definition) is 1. The van der Waals surface area contributed by atoms with E-state index in [2.05, 4.69) is 10.1 Å². The lowest BCUT2D eigenvalue weighted by molar-refractivity contribution is -0.119. The summed E-state index contributed by atoms with van der Waals surface area (Å²) >= 11 is 0. The van der Waals surface area contributed by atoms with Crippen LogP contribution < -0.4 is 5.32 Å². The molecule has 0 aliphatic heterocycles. The fraction of sp³-hybridized carbons (Fsp3) is 0.429. The molecule has 1 rings (SSSR count). The summed E-state index contributed by atoms with van der Waals surface area (Å²) in [5.41, 5.74) is 0.193. The second-order valence-corrected chi connectivity index (χ2v) is 4.37. The van der Waals surface area contributed by atoms with Gasteiger partial charge in [0.05, 0.1) is 18.4 Å². The Bertz CT molecular complexity index is 474. The number of anilines is 1. The molecule has 1 N–H and O–H groups in total. The third-order valence-electron chi connectivity index (χ3n) is 2.81. The average molecular weight is 267 g/mol. The molecule has 0 heterocycles. The Morgan fingerprint density at radius 2 is 2.11 bits per heavy atom. The third-order valence-corrected chi connectivity index (χ3v) is 2.81. The van der Waals surface area contributed by atoms with E-state index in [1.54, 1.807) is 6.92 Å². The number of esters is 1. The average Bonchev–Trinajstić information content (AvgIpc) is 2.40. The van der Waals surface area contributed by atoms with Crippen LogP contribution in [0.1, 0.15) is 37.0 Å². The maximum atomic E-state index is 13.6. The van der Waals surface area contributed by atoms with Gasteiger partial charge in [-0.15, -0.1) is 0 Å². The van der Waals surface area contributed by atoms with Crippen molar-refractivity contribution in [3.8, 4) is 0 Å². The van der Waals surface area contributed by atoms with E-state index in [1.165, 1.54) is 19.2 Å². The minimum absolute atomic E-state index is 0.00384. The van der Waals surface area contributed by atoms with Gasteiger partial charge in [0.15, 0.2) is 0 Å². The van der Waals surface area contributed by atoms with Crippen molar-refractivity contribution in [3.05, 3.63) is 29.6 Å². The summed E-state index contributed by atoms with van der Waals surface area (Å²) in [6.07, 6.45) is 1.60. The van der Waals surface area contributed by atoms with Gasteiger partial charge in [-0.05, 0) is 24.6 Å².